The highest BCUT2D eigenvalue weighted by molar-refractivity contribution is 5.92. The molecule has 1 heterocycles. The molecule has 3 rings (SSSR count). The maximum absolute atomic E-state index is 12.7. The maximum Gasteiger partial charge on any atom is 0.245 e. The van der Waals surface area contributed by atoms with E-state index in [0.29, 0.717) is 5.56 Å². The molecule has 0 unspecified atom stereocenters. The van der Waals surface area contributed by atoms with Crippen molar-refractivity contribution < 1.29 is 9.90 Å². The standard InChI is InChI=1S/C18H16N4O2/c1-11-14(13-6-4-3-5-7-13)16(8-19,9-20)17(10-21)12(2)18(11,24)22-15(17)23/h3-7,11-12,14,24H,1-2H3,(H,22,23)/t11-,12+,14-,17-,18+/m1/s1. The van der Waals surface area contributed by atoms with Gasteiger partial charge in [-0.25, -0.2) is 0 Å². The molecule has 2 fully saturated rings. The first-order valence-electron chi connectivity index (χ1n) is 7.69. The van der Waals surface area contributed by atoms with Gasteiger partial charge in [0.2, 0.25) is 5.91 Å². The Morgan fingerprint density at radius 1 is 1.08 bits per heavy atom. The van der Waals surface area contributed by atoms with E-state index >= 15 is 0 Å². The summed E-state index contributed by atoms with van der Waals surface area (Å²) in [6.45, 7) is 3.24. The minimum Gasteiger partial charge on any atom is -0.370 e. The van der Waals surface area contributed by atoms with E-state index in [1.165, 1.54) is 0 Å². The third kappa shape index (κ3) is 1.44. The van der Waals surface area contributed by atoms with E-state index in [4.69, 9.17) is 0 Å². The average Bonchev–Trinajstić information content (AvgIpc) is 2.77. The topological polar surface area (TPSA) is 121 Å². The van der Waals surface area contributed by atoms with Gasteiger partial charge in [-0.05, 0) is 5.56 Å². The molecule has 1 aromatic carbocycles. The molecule has 2 aliphatic rings. The molecule has 1 aromatic rings. The fraction of sp³-hybridized carbons (Fsp3) is 0.444. The van der Waals surface area contributed by atoms with E-state index in [9.17, 15) is 25.7 Å². The molecule has 1 aliphatic carbocycles. The summed E-state index contributed by atoms with van der Waals surface area (Å²) in [5.74, 6) is -3.05. The van der Waals surface area contributed by atoms with Gasteiger partial charge in [0.1, 0.15) is 5.72 Å². The number of carbonyl (C=O) groups is 1. The Bertz CT molecular complexity index is 817. The van der Waals surface area contributed by atoms with Gasteiger partial charge in [0.05, 0.1) is 18.2 Å². The Morgan fingerprint density at radius 2 is 1.67 bits per heavy atom. The van der Waals surface area contributed by atoms with Crippen molar-refractivity contribution in [3.05, 3.63) is 35.9 Å². The lowest BCUT2D eigenvalue weighted by Crippen LogP contribution is -2.62. The van der Waals surface area contributed by atoms with Crippen LogP contribution in [-0.4, -0.2) is 16.7 Å². The third-order valence-electron chi connectivity index (χ3n) is 5.95. The van der Waals surface area contributed by atoms with Gasteiger partial charge >= 0.3 is 0 Å². The van der Waals surface area contributed by atoms with E-state index in [-0.39, 0.29) is 0 Å². The number of hydrogen-bond acceptors (Lipinski definition) is 5. The van der Waals surface area contributed by atoms with Crippen molar-refractivity contribution >= 4 is 5.91 Å². The number of aliphatic hydroxyl groups is 1. The second-order valence-electron chi connectivity index (χ2n) is 6.63. The van der Waals surface area contributed by atoms with Crippen molar-refractivity contribution in [1.82, 2.24) is 5.32 Å². The molecule has 1 amide bonds. The number of rotatable bonds is 1. The summed E-state index contributed by atoms with van der Waals surface area (Å²) in [4.78, 5) is 12.7. The van der Waals surface area contributed by atoms with E-state index in [0.717, 1.165) is 0 Å². The first-order chi connectivity index (χ1) is 11.4. The van der Waals surface area contributed by atoms with Crippen LogP contribution in [0.2, 0.25) is 0 Å². The fourth-order valence-electron chi connectivity index (χ4n) is 4.59. The van der Waals surface area contributed by atoms with Gasteiger partial charge in [-0.1, -0.05) is 44.2 Å². The van der Waals surface area contributed by atoms with Crippen LogP contribution in [-0.2, 0) is 4.79 Å². The smallest absolute Gasteiger partial charge is 0.245 e. The number of hydrogen-bond donors (Lipinski definition) is 2. The molecule has 6 heteroatoms. The van der Waals surface area contributed by atoms with Gasteiger partial charge in [0, 0.05) is 17.8 Å². The molecule has 120 valence electrons. The third-order valence-corrected chi connectivity index (χ3v) is 5.95. The van der Waals surface area contributed by atoms with Crippen LogP contribution in [0.1, 0.15) is 25.3 Å². The summed E-state index contributed by atoms with van der Waals surface area (Å²) in [6.07, 6.45) is 0. The Hall–Kier alpha value is -2.88. The Balaban J connectivity index is 2.40. The molecule has 1 aliphatic heterocycles. The monoisotopic (exact) mass is 320 g/mol. The molecule has 24 heavy (non-hydrogen) atoms. The lowest BCUT2D eigenvalue weighted by molar-refractivity contribution is -0.135. The highest BCUT2D eigenvalue weighted by atomic mass is 16.3. The van der Waals surface area contributed by atoms with Crippen LogP contribution in [0.15, 0.2) is 30.3 Å². The van der Waals surface area contributed by atoms with Gasteiger partial charge in [0.15, 0.2) is 10.8 Å². The normalized spacial score (nSPS) is 39.2. The first kappa shape index (κ1) is 16.0. The van der Waals surface area contributed by atoms with Crippen LogP contribution < -0.4 is 5.32 Å². The van der Waals surface area contributed by atoms with Crippen LogP contribution in [0.4, 0.5) is 0 Å². The van der Waals surface area contributed by atoms with Crippen molar-refractivity contribution in [2.45, 2.75) is 25.5 Å². The summed E-state index contributed by atoms with van der Waals surface area (Å²) >= 11 is 0. The number of benzene rings is 1. The SMILES string of the molecule is C[C@@H]1[C@H](c2ccccc2)C(C#N)(C#N)[C@@]2(C#N)C(=O)N[C@@]1(O)[C@H]2C. The lowest BCUT2D eigenvalue weighted by atomic mass is 9.45. The molecule has 2 bridgehead atoms. The number of fused-ring (bicyclic) bond motifs is 2. The molecular weight excluding hydrogens is 304 g/mol. The minimum absolute atomic E-state index is 0.623. The van der Waals surface area contributed by atoms with Crippen molar-refractivity contribution in [2.24, 2.45) is 22.7 Å². The van der Waals surface area contributed by atoms with Crippen LogP contribution in [0.25, 0.3) is 0 Å². The second kappa shape index (κ2) is 4.81. The van der Waals surface area contributed by atoms with Gasteiger partial charge in [-0.2, -0.15) is 15.8 Å². The second-order valence-corrected chi connectivity index (χ2v) is 6.63. The number of nitrogens with zero attached hydrogens (tertiary/aromatic N) is 3. The van der Waals surface area contributed by atoms with Crippen molar-refractivity contribution in [3.8, 4) is 18.2 Å². The Kier molecular flexibility index (Phi) is 3.20. The number of nitrogens with one attached hydrogen (secondary N) is 1. The predicted molar refractivity (Wildman–Crippen MR) is 82.3 cm³/mol. The van der Waals surface area contributed by atoms with E-state index in [1.54, 1.807) is 44.2 Å². The number of nitriles is 3. The summed E-state index contributed by atoms with van der Waals surface area (Å²) in [5, 5.41) is 43.3. The van der Waals surface area contributed by atoms with Gasteiger partial charge < -0.3 is 10.4 Å². The summed E-state index contributed by atoms with van der Waals surface area (Å²) in [7, 11) is 0. The van der Waals surface area contributed by atoms with Crippen molar-refractivity contribution in [1.29, 1.82) is 15.8 Å². The average molecular weight is 320 g/mol. The van der Waals surface area contributed by atoms with Crippen LogP contribution in [0, 0.1) is 56.7 Å². The summed E-state index contributed by atoms with van der Waals surface area (Å²) in [5.41, 5.74) is -4.83. The lowest BCUT2D eigenvalue weighted by Gasteiger charge is -2.51. The number of carbonyl (C=O) groups excluding carboxylic acids is 1. The zero-order valence-corrected chi connectivity index (χ0v) is 13.3. The molecule has 0 radical (unpaired) electrons. The van der Waals surface area contributed by atoms with Gasteiger partial charge in [-0.3, -0.25) is 4.79 Å². The highest BCUT2D eigenvalue weighted by Gasteiger charge is 2.79. The van der Waals surface area contributed by atoms with Gasteiger partial charge in [-0.15, -0.1) is 0 Å². The van der Waals surface area contributed by atoms with Crippen LogP contribution in [0.3, 0.4) is 0 Å². The van der Waals surface area contributed by atoms with E-state index < -0.39 is 40.2 Å². The Morgan fingerprint density at radius 3 is 2.17 bits per heavy atom. The quantitative estimate of drug-likeness (QED) is 0.810. The first-order valence-corrected chi connectivity index (χ1v) is 7.69. The zero-order chi connectivity index (χ0) is 17.8. The molecule has 6 nitrogen and oxygen atoms in total. The van der Waals surface area contributed by atoms with E-state index in [2.05, 4.69) is 5.32 Å². The van der Waals surface area contributed by atoms with Crippen molar-refractivity contribution in [2.75, 3.05) is 0 Å². The largest absolute Gasteiger partial charge is 0.370 e. The molecular formula is C18H16N4O2. The molecule has 5 atom stereocenters. The van der Waals surface area contributed by atoms with E-state index in [1.807, 2.05) is 18.2 Å². The zero-order valence-electron chi connectivity index (χ0n) is 13.3. The molecule has 0 spiro atoms. The fourth-order valence-corrected chi connectivity index (χ4v) is 4.59. The van der Waals surface area contributed by atoms with Crippen LogP contribution >= 0.6 is 0 Å². The molecule has 1 saturated carbocycles. The Labute approximate surface area is 139 Å². The maximum atomic E-state index is 12.7. The summed E-state index contributed by atoms with van der Waals surface area (Å²) < 4.78 is 0. The van der Waals surface area contributed by atoms with Gasteiger partial charge in [0.25, 0.3) is 0 Å². The summed E-state index contributed by atoms with van der Waals surface area (Å²) in [6, 6.07) is 14.7. The van der Waals surface area contributed by atoms with Crippen molar-refractivity contribution in [3.63, 3.8) is 0 Å². The predicted octanol–water partition coefficient (Wildman–Crippen LogP) is 1.42. The molecule has 1 saturated heterocycles. The van der Waals surface area contributed by atoms with Crippen LogP contribution in [0.5, 0.6) is 0 Å². The highest BCUT2D eigenvalue weighted by Crippen LogP contribution is 2.66. The minimum atomic E-state index is -1.93. The molecule has 2 N–H and O–H groups in total. The number of amides is 1. The molecule has 0 aromatic heterocycles.